The fraction of sp³-hybridized carbons (Fsp3) is 0.250. The molecule has 8 rings (SSSR count). The molecular formula is C40H33BrN4O8. The maximum absolute atomic E-state index is 15.3. The van der Waals surface area contributed by atoms with Gasteiger partial charge in [0.25, 0.3) is 17.5 Å². The van der Waals surface area contributed by atoms with Crippen molar-refractivity contribution in [1.82, 2.24) is 5.01 Å². The lowest BCUT2D eigenvalue weighted by Crippen LogP contribution is -2.53. The number of hydrogen-bond donors (Lipinski definition) is 2. The monoisotopic (exact) mass is 776 g/mol. The van der Waals surface area contributed by atoms with Crippen LogP contribution in [0.3, 0.4) is 0 Å². The minimum Gasteiger partial charge on any atom is -0.503 e. The van der Waals surface area contributed by atoms with E-state index in [2.05, 4.69) is 21.4 Å². The van der Waals surface area contributed by atoms with Crippen LogP contribution in [0.2, 0.25) is 0 Å². The second kappa shape index (κ2) is 12.7. The number of phenols is 1. The number of non-ortho nitro benzene ring substituents is 1. The average Bonchev–Trinajstić information content (AvgIpc) is 3.54. The first-order valence-corrected chi connectivity index (χ1v) is 17.9. The Kier molecular flexibility index (Phi) is 8.21. The molecule has 4 aromatic rings. The summed E-state index contributed by atoms with van der Waals surface area (Å²) in [5, 5.41) is 23.3. The first-order valence-electron chi connectivity index (χ1n) is 17.1. The summed E-state index contributed by atoms with van der Waals surface area (Å²) in [6, 6.07) is 25.1. The smallest absolute Gasteiger partial charge is 0.269 e. The molecule has 2 N–H and O–H groups in total. The molecule has 0 aromatic heterocycles. The molecule has 0 spiro atoms. The van der Waals surface area contributed by atoms with Crippen molar-refractivity contribution in [3.8, 4) is 11.5 Å². The highest BCUT2D eigenvalue weighted by Crippen LogP contribution is 2.64. The number of ether oxygens (including phenoxy) is 1. The van der Waals surface area contributed by atoms with Crippen molar-refractivity contribution in [2.24, 2.45) is 23.7 Å². The Morgan fingerprint density at radius 2 is 1.62 bits per heavy atom. The third-order valence-corrected chi connectivity index (χ3v) is 11.9. The molecular weight excluding hydrogens is 744 g/mol. The Morgan fingerprint density at radius 3 is 2.28 bits per heavy atom. The van der Waals surface area contributed by atoms with Gasteiger partial charge in [-0.2, -0.15) is 5.01 Å². The Morgan fingerprint density at radius 1 is 0.925 bits per heavy atom. The van der Waals surface area contributed by atoms with Crippen LogP contribution in [0.25, 0.3) is 0 Å². The number of nitro groups is 1. The molecule has 0 bridgehead atoms. The number of hydrogen-bond acceptors (Lipinski definition) is 9. The van der Waals surface area contributed by atoms with Crippen LogP contribution in [0, 0.1) is 40.7 Å². The van der Waals surface area contributed by atoms with Crippen molar-refractivity contribution in [3.63, 3.8) is 0 Å². The van der Waals surface area contributed by atoms with E-state index in [1.54, 1.807) is 24.3 Å². The van der Waals surface area contributed by atoms with Crippen molar-refractivity contribution in [2.45, 2.75) is 31.1 Å². The van der Waals surface area contributed by atoms with E-state index < -0.39 is 63.6 Å². The summed E-state index contributed by atoms with van der Waals surface area (Å²) in [6.07, 6.45) is 2.22. The number of allylic oxidation sites excluding steroid dienone is 2. The number of rotatable bonds is 7. The van der Waals surface area contributed by atoms with Gasteiger partial charge < -0.3 is 9.84 Å². The van der Waals surface area contributed by atoms with Gasteiger partial charge in [-0.15, -0.1) is 0 Å². The van der Waals surface area contributed by atoms with Crippen LogP contribution >= 0.6 is 15.9 Å². The zero-order valence-corrected chi connectivity index (χ0v) is 30.1. The zero-order chi connectivity index (χ0) is 37.3. The molecule has 0 radical (unpaired) electrons. The quantitative estimate of drug-likeness (QED) is 0.0917. The number of nitrogens with zero attached hydrogens (tertiary/aromatic N) is 3. The van der Waals surface area contributed by atoms with Crippen molar-refractivity contribution in [2.75, 3.05) is 17.4 Å². The van der Waals surface area contributed by atoms with E-state index in [0.717, 1.165) is 21.0 Å². The van der Waals surface area contributed by atoms with E-state index >= 15 is 4.79 Å². The van der Waals surface area contributed by atoms with Crippen LogP contribution in [0.5, 0.6) is 11.5 Å². The van der Waals surface area contributed by atoms with E-state index in [9.17, 15) is 29.6 Å². The second-order valence-corrected chi connectivity index (χ2v) is 14.8. The highest BCUT2D eigenvalue weighted by atomic mass is 79.9. The summed E-state index contributed by atoms with van der Waals surface area (Å²) in [7, 11) is 1.42. The Balaban J connectivity index is 1.32. The van der Waals surface area contributed by atoms with Crippen molar-refractivity contribution >= 4 is 56.6 Å². The third kappa shape index (κ3) is 5.08. The third-order valence-electron chi connectivity index (χ3n) is 11.3. The van der Waals surface area contributed by atoms with Crippen LogP contribution in [0.15, 0.2) is 107 Å². The first-order chi connectivity index (χ1) is 25.5. The molecule has 6 unspecified atom stereocenters. The predicted octanol–water partition coefficient (Wildman–Crippen LogP) is 6.57. The van der Waals surface area contributed by atoms with Gasteiger partial charge in [0.1, 0.15) is 0 Å². The van der Waals surface area contributed by atoms with Crippen LogP contribution in [-0.2, 0) is 24.6 Å². The number of amides is 4. The molecule has 2 aliphatic carbocycles. The van der Waals surface area contributed by atoms with Crippen molar-refractivity contribution < 1.29 is 33.9 Å². The van der Waals surface area contributed by atoms with Crippen LogP contribution < -0.4 is 15.1 Å². The molecule has 2 saturated heterocycles. The number of nitro benzene ring substituents is 1. The number of carbonyl (C=O) groups excluding carboxylic acids is 4. The normalized spacial score (nSPS) is 26.2. The number of fused-ring (bicyclic) bond motifs is 4. The molecule has 12 nitrogen and oxygen atoms in total. The fourth-order valence-electron chi connectivity index (χ4n) is 9.02. The SMILES string of the molecule is COc1cc(C2C3=CCC4C(=O)N(c5ccc([N+](=O)[O-])cc5)C(=O)C4C3CC3C(=O)N(Nc4ccc(C)cc4)C(=O)C32c2ccccc2)cc(Br)c1O. The minimum absolute atomic E-state index is 0.0958. The number of imide groups is 2. The van der Waals surface area contributed by atoms with E-state index in [-0.39, 0.29) is 35.7 Å². The Hall–Kier alpha value is -5.82. The topological polar surface area (TPSA) is 159 Å². The number of aryl methyl sites for hydroxylation is 1. The zero-order valence-electron chi connectivity index (χ0n) is 28.6. The molecule has 268 valence electrons. The Bertz CT molecular complexity index is 2240. The molecule has 1 saturated carbocycles. The summed E-state index contributed by atoms with van der Waals surface area (Å²) < 4.78 is 5.88. The van der Waals surface area contributed by atoms with E-state index in [4.69, 9.17) is 4.74 Å². The van der Waals surface area contributed by atoms with Gasteiger partial charge in [-0.1, -0.05) is 59.7 Å². The summed E-state index contributed by atoms with van der Waals surface area (Å²) in [5.74, 6) is -5.88. The van der Waals surface area contributed by atoms with Gasteiger partial charge in [-0.05, 0) is 89.1 Å². The number of halogens is 1. The van der Waals surface area contributed by atoms with Gasteiger partial charge in [0.2, 0.25) is 11.8 Å². The molecule has 2 heterocycles. The fourth-order valence-corrected chi connectivity index (χ4v) is 9.48. The molecule has 53 heavy (non-hydrogen) atoms. The van der Waals surface area contributed by atoms with E-state index in [1.807, 2.05) is 55.5 Å². The van der Waals surface area contributed by atoms with Gasteiger partial charge in [0.05, 0.1) is 51.0 Å². The second-order valence-electron chi connectivity index (χ2n) is 13.9. The lowest BCUT2D eigenvalue weighted by Gasteiger charge is -2.50. The number of carbonyl (C=O) groups is 4. The summed E-state index contributed by atoms with van der Waals surface area (Å²) in [5.41, 5.74) is 5.07. The average molecular weight is 778 g/mol. The van der Waals surface area contributed by atoms with Gasteiger partial charge in [0.15, 0.2) is 11.5 Å². The number of nitrogens with one attached hydrogen (secondary N) is 1. The molecule has 2 aliphatic heterocycles. The minimum atomic E-state index is -1.50. The van der Waals surface area contributed by atoms with Crippen LogP contribution in [0.1, 0.15) is 35.4 Å². The standard InChI is InChI=1S/C40H33BrN4O8/c1-21-8-10-24(11-9-21)42-44-37(48)30-20-29-27(16-17-28-33(29)38(49)43(36(28)47)25-12-14-26(15-13-25)45(51)52)34(22-18-31(41)35(46)32(19-22)53-2)40(30,39(44)50)23-6-4-3-5-7-23/h3-16,18-19,28-30,33-34,42,46H,17,20H2,1-2H3. The maximum atomic E-state index is 15.3. The number of methoxy groups -OCH3 is 1. The molecule has 4 aromatic carbocycles. The first kappa shape index (κ1) is 34.3. The highest BCUT2D eigenvalue weighted by Gasteiger charge is 2.70. The largest absolute Gasteiger partial charge is 0.503 e. The van der Waals surface area contributed by atoms with Gasteiger partial charge in [0, 0.05) is 18.1 Å². The molecule has 4 amide bonds. The van der Waals surface area contributed by atoms with Crippen molar-refractivity contribution in [3.05, 3.63) is 134 Å². The number of anilines is 2. The van der Waals surface area contributed by atoms with E-state index in [0.29, 0.717) is 21.3 Å². The lowest BCUT2D eigenvalue weighted by atomic mass is 9.49. The highest BCUT2D eigenvalue weighted by molar-refractivity contribution is 9.10. The molecule has 3 fully saturated rings. The number of aromatic hydroxyl groups is 1. The lowest BCUT2D eigenvalue weighted by molar-refractivity contribution is -0.384. The van der Waals surface area contributed by atoms with Gasteiger partial charge in [-0.25, -0.2) is 0 Å². The summed E-state index contributed by atoms with van der Waals surface area (Å²) in [6.45, 7) is 1.93. The van der Waals surface area contributed by atoms with Gasteiger partial charge in [-0.3, -0.25) is 39.6 Å². The van der Waals surface area contributed by atoms with Gasteiger partial charge >= 0.3 is 0 Å². The number of hydrazine groups is 1. The van der Waals surface area contributed by atoms with Crippen LogP contribution in [0.4, 0.5) is 17.1 Å². The summed E-state index contributed by atoms with van der Waals surface area (Å²) >= 11 is 3.47. The predicted molar refractivity (Wildman–Crippen MR) is 197 cm³/mol. The Labute approximate surface area is 312 Å². The van der Waals surface area contributed by atoms with E-state index in [1.165, 1.54) is 31.4 Å². The maximum Gasteiger partial charge on any atom is 0.269 e. The molecule has 6 atom stereocenters. The van der Waals surface area contributed by atoms with Crippen LogP contribution in [-0.4, -0.2) is 45.8 Å². The number of phenolic OH excluding ortho intramolecular Hbond substituents is 1. The number of benzene rings is 4. The molecule has 4 aliphatic rings. The summed E-state index contributed by atoms with van der Waals surface area (Å²) in [4.78, 5) is 70.5. The van der Waals surface area contributed by atoms with Crippen molar-refractivity contribution in [1.29, 1.82) is 0 Å². The molecule has 13 heteroatoms.